The summed E-state index contributed by atoms with van der Waals surface area (Å²) in [5.74, 6) is -1.00. The second kappa shape index (κ2) is 19.9. The molecule has 0 aliphatic heterocycles. The number of alkyl halides is 2. The lowest BCUT2D eigenvalue weighted by Crippen LogP contribution is -2.25. The van der Waals surface area contributed by atoms with Crippen LogP contribution >= 0.6 is 0 Å². The molecule has 0 heterocycles. The zero-order chi connectivity index (χ0) is 33.2. The van der Waals surface area contributed by atoms with Crippen molar-refractivity contribution in [2.75, 3.05) is 27.6 Å². The zero-order valence-electron chi connectivity index (χ0n) is 27.4. The van der Waals surface area contributed by atoms with Crippen molar-refractivity contribution < 1.29 is 31.0 Å². The molecule has 0 fully saturated rings. The van der Waals surface area contributed by atoms with Crippen molar-refractivity contribution in [3.05, 3.63) is 89.5 Å². The van der Waals surface area contributed by atoms with E-state index in [1.165, 1.54) is 77.7 Å². The summed E-state index contributed by atoms with van der Waals surface area (Å²) in [5, 5.41) is 3.97. The highest BCUT2D eigenvalue weighted by Gasteiger charge is 2.30. The molecule has 2 unspecified atom stereocenters. The molecule has 46 heavy (non-hydrogen) atoms. The van der Waals surface area contributed by atoms with Crippen LogP contribution in [0.3, 0.4) is 0 Å². The smallest absolute Gasteiger partial charge is 0.358 e. The van der Waals surface area contributed by atoms with Crippen LogP contribution in [-0.4, -0.2) is 41.7 Å². The first kappa shape index (κ1) is 37.0. The molecular weight excluding hydrogens is 608 g/mol. The summed E-state index contributed by atoms with van der Waals surface area (Å²) in [5.41, 5.74) is 1.91. The lowest BCUT2D eigenvalue weighted by Gasteiger charge is -2.23. The second-order valence-electron chi connectivity index (χ2n) is 11.6. The standard InChI is InChI=1S/C37H49F2NO5S/c1-4-5-6-7-8-9-10-11-12-13-14-29-15-25-34(26-16-29)46(41,42)45-40-37(35(27-38)30-17-21-32(43-2)22-18-30)36(28-39)31-19-23-33(44-3)24-20-31/h15-26,35-36H,4-14,27-28H2,1-3H3. The first-order valence-electron chi connectivity index (χ1n) is 16.4. The van der Waals surface area contributed by atoms with E-state index < -0.39 is 35.3 Å². The molecule has 3 rings (SSSR count). The Labute approximate surface area is 274 Å². The van der Waals surface area contributed by atoms with E-state index in [0.29, 0.717) is 22.6 Å². The largest absolute Gasteiger partial charge is 0.497 e. The van der Waals surface area contributed by atoms with E-state index in [1.807, 2.05) is 0 Å². The molecule has 6 nitrogen and oxygen atoms in total. The van der Waals surface area contributed by atoms with Crippen molar-refractivity contribution in [2.45, 2.75) is 94.3 Å². The number of nitrogens with zero attached hydrogens (tertiary/aromatic N) is 1. The highest BCUT2D eigenvalue weighted by Crippen LogP contribution is 2.32. The summed E-state index contributed by atoms with van der Waals surface area (Å²) in [6.45, 7) is 0.333. The molecule has 0 saturated heterocycles. The van der Waals surface area contributed by atoms with E-state index in [4.69, 9.17) is 13.8 Å². The monoisotopic (exact) mass is 657 g/mol. The van der Waals surface area contributed by atoms with Crippen molar-refractivity contribution in [3.63, 3.8) is 0 Å². The number of benzene rings is 3. The first-order chi connectivity index (χ1) is 22.4. The number of rotatable bonds is 22. The number of hydrogen-bond donors (Lipinski definition) is 0. The topological polar surface area (TPSA) is 74.2 Å². The van der Waals surface area contributed by atoms with E-state index >= 15 is 0 Å². The van der Waals surface area contributed by atoms with Gasteiger partial charge in [0, 0.05) is 0 Å². The normalized spacial score (nSPS) is 12.7. The summed E-state index contributed by atoms with van der Waals surface area (Å²) in [6.07, 6.45) is 13.4. The number of halogens is 2. The van der Waals surface area contributed by atoms with E-state index in [2.05, 4.69) is 12.1 Å². The molecular formula is C37H49F2NO5S. The third kappa shape index (κ3) is 11.4. The predicted molar refractivity (Wildman–Crippen MR) is 181 cm³/mol. The first-order valence-corrected chi connectivity index (χ1v) is 17.8. The van der Waals surface area contributed by atoms with Crippen molar-refractivity contribution in [3.8, 4) is 11.5 Å². The average Bonchev–Trinajstić information content (AvgIpc) is 3.09. The maximum atomic E-state index is 14.7. The minimum atomic E-state index is -4.36. The van der Waals surface area contributed by atoms with Gasteiger partial charge < -0.3 is 9.47 Å². The number of ether oxygens (including phenoxy) is 2. The lowest BCUT2D eigenvalue weighted by molar-refractivity contribution is 0.329. The fourth-order valence-corrected chi connectivity index (χ4v) is 6.23. The van der Waals surface area contributed by atoms with Gasteiger partial charge in [0.15, 0.2) is 0 Å². The Hall–Kier alpha value is -3.46. The lowest BCUT2D eigenvalue weighted by atomic mass is 9.84. The van der Waals surface area contributed by atoms with Crippen LogP contribution in [0.5, 0.6) is 11.5 Å². The van der Waals surface area contributed by atoms with Crippen LogP contribution in [0.4, 0.5) is 8.78 Å². The van der Waals surface area contributed by atoms with Crippen molar-refractivity contribution >= 4 is 15.8 Å². The maximum absolute atomic E-state index is 14.7. The van der Waals surface area contributed by atoms with Gasteiger partial charge in [0.2, 0.25) is 0 Å². The van der Waals surface area contributed by atoms with Gasteiger partial charge >= 0.3 is 10.1 Å². The fourth-order valence-electron chi connectivity index (χ4n) is 5.49. The molecule has 0 saturated carbocycles. The molecule has 0 spiro atoms. The minimum absolute atomic E-state index is 0.0788. The van der Waals surface area contributed by atoms with Crippen LogP contribution in [-0.2, 0) is 20.8 Å². The maximum Gasteiger partial charge on any atom is 0.358 e. The third-order valence-electron chi connectivity index (χ3n) is 8.33. The van der Waals surface area contributed by atoms with E-state index in [-0.39, 0.29) is 10.6 Å². The number of hydrogen-bond acceptors (Lipinski definition) is 6. The molecule has 0 aliphatic carbocycles. The van der Waals surface area contributed by atoms with Gasteiger partial charge in [-0.15, -0.1) is 0 Å². The molecule has 252 valence electrons. The van der Waals surface area contributed by atoms with Gasteiger partial charge in [-0.2, -0.15) is 8.42 Å². The van der Waals surface area contributed by atoms with Gasteiger partial charge in [-0.05, 0) is 65.9 Å². The Morgan fingerprint density at radius 2 is 1.09 bits per heavy atom. The molecule has 9 heteroatoms. The summed E-state index contributed by atoms with van der Waals surface area (Å²) in [7, 11) is -1.33. The van der Waals surface area contributed by atoms with Gasteiger partial charge in [0.1, 0.15) is 29.7 Å². The molecule has 0 aliphatic rings. The predicted octanol–water partition coefficient (Wildman–Crippen LogP) is 9.74. The summed E-state index contributed by atoms with van der Waals surface area (Å²) in [6, 6.07) is 19.7. The number of methoxy groups -OCH3 is 2. The molecule has 2 atom stereocenters. The van der Waals surface area contributed by atoms with E-state index in [9.17, 15) is 17.2 Å². The average molecular weight is 658 g/mol. The molecule has 0 aromatic heterocycles. The Balaban J connectivity index is 1.72. The number of unbranched alkanes of at least 4 members (excludes halogenated alkanes) is 9. The highest BCUT2D eigenvalue weighted by atomic mass is 32.2. The molecule has 0 bridgehead atoms. The van der Waals surface area contributed by atoms with Gasteiger partial charge in [0.05, 0.1) is 31.8 Å². The highest BCUT2D eigenvalue weighted by molar-refractivity contribution is 7.86. The molecule has 0 amide bonds. The van der Waals surface area contributed by atoms with E-state index in [1.54, 1.807) is 60.7 Å². The minimum Gasteiger partial charge on any atom is -0.497 e. The molecule has 0 N–H and O–H groups in total. The second-order valence-corrected chi connectivity index (χ2v) is 13.1. The molecule has 3 aromatic carbocycles. The summed E-state index contributed by atoms with van der Waals surface area (Å²) in [4.78, 5) is -0.0788. The van der Waals surface area contributed by atoms with Gasteiger partial charge in [0.25, 0.3) is 0 Å². The Bertz CT molecular complexity index is 1350. The van der Waals surface area contributed by atoms with Crippen LogP contribution in [0, 0.1) is 0 Å². The Morgan fingerprint density at radius 1 is 0.652 bits per heavy atom. The zero-order valence-corrected chi connectivity index (χ0v) is 28.2. The van der Waals surface area contributed by atoms with Crippen molar-refractivity contribution in [1.82, 2.24) is 0 Å². The van der Waals surface area contributed by atoms with Gasteiger partial charge in [-0.25, -0.2) is 0 Å². The summed E-state index contributed by atoms with van der Waals surface area (Å²) >= 11 is 0. The SMILES string of the molecule is CCCCCCCCCCCCc1ccc(S(=O)(=O)ON=C(C(CF)c2ccc(OC)cc2)C(CF)c2ccc(OC)cc2)cc1. The van der Waals surface area contributed by atoms with Crippen molar-refractivity contribution in [1.29, 1.82) is 0 Å². The van der Waals surface area contributed by atoms with Crippen LogP contribution < -0.4 is 9.47 Å². The number of aryl methyl sites for hydroxylation is 1. The quantitative estimate of drug-likeness (QED) is 0.0611. The fraction of sp³-hybridized carbons (Fsp3) is 0.486. The van der Waals surface area contributed by atoms with Crippen LogP contribution in [0.2, 0.25) is 0 Å². The van der Waals surface area contributed by atoms with Crippen LogP contribution in [0.15, 0.2) is 82.8 Å². The van der Waals surface area contributed by atoms with E-state index in [0.717, 1.165) is 24.8 Å². The van der Waals surface area contributed by atoms with Crippen molar-refractivity contribution in [2.24, 2.45) is 5.16 Å². The summed E-state index contributed by atoms with van der Waals surface area (Å²) < 4.78 is 71.3. The molecule has 3 aromatic rings. The third-order valence-corrected chi connectivity index (χ3v) is 9.45. The van der Waals surface area contributed by atoms with Crippen LogP contribution in [0.1, 0.15) is 99.7 Å². The number of oxime groups is 1. The van der Waals surface area contributed by atoms with Gasteiger partial charge in [-0.1, -0.05) is 106 Å². The Kier molecular flexibility index (Phi) is 16.0. The van der Waals surface area contributed by atoms with Crippen LogP contribution in [0.25, 0.3) is 0 Å². The Morgan fingerprint density at radius 3 is 1.50 bits per heavy atom. The molecule has 0 radical (unpaired) electrons. The van der Waals surface area contributed by atoms with Gasteiger partial charge in [-0.3, -0.25) is 13.1 Å².